The van der Waals surface area contributed by atoms with Gasteiger partial charge in [-0.05, 0) is 30.7 Å². The maximum atomic E-state index is 12.6. The summed E-state index contributed by atoms with van der Waals surface area (Å²) in [6.45, 7) is 1.99. The van der Waals surface area contributed by atoms with E-state index in [2.05, 4.69) is 5.32 Å². The molecule has 2 rings (SSSR count). The van der Waals surface area contributed by atoms with Crippen LogP contribution >= 0.6 is 23.4 Å². The highest BCUT2D eigenvalue weighted by atomic mass is 35.5. The highest BCUT2D eigenvalue weighted by Crippen LogP contribution is 2.29. The lowest BCUT2D eigenvalue weighted by atomic mass is 10.2. The van der Waals surface area contributed by atoms with Gasteiger partial charge in [-0.15, -0.1) is 11.8 Å². The van der Waals surface area contributed by atoms with Crippen LogP contribution in [0.4, 0.5) is 5.69 Å². The molecule has 0 aliphatic carbocycles. The van der Waals surface area contributed by atoms with E-state index in [4.69, 9.17) is 21.1 Å². The third-order valence-electron chi connectivity index (χ3n) is 3.37. The molecule has 1 unspecified atom stereocenters. The van der Waals surface area contributed by atoms with Crippen molar-refractivity contribution in [1.29, 1.82) is 0 Å². The van der Waals surface area contributed by atoms with Gasteiger partial charge >= 0.3 is 0 Å². The number of hydrogen-bond donors (Lipinski definition) is 1. The summed E-state index contributed by atoms with van der Waals surface area (Å²) < 4.78 is 10.4. The molecule has 2 aromatic carbocycles. The SMILES string of the molecule is CCC(Sc1ccc(Cl)cc1)C(=O)Nc1cc(OC)cc(OC)c1. The molecule has 1 N–H and O–H groups in total. The second kappa shape index (κ2) is 8.85. The Bertz CT molecular complexity index is 669. The summed E-state index contributed by atoms with van der Waals surface area (Å²) in [5.74, 6) is 1.19. The molecule has 0 aliphatic rings. The third kappa shape index (κ3) is 5.08. The molecule has 0 aromatic heterocycles. The summed E-state index contributed by atoms with van der Waals surface area (Å²) in [5, 5.41) is 3.40. The second-order valence-electron chi connectivity index (χ2n) is 5.06. The van der Waals surface area contributed by atoms with Gasteiger partial charge in [0.05, 0.1) is 19.5 Å². The van der Waals surface area contributed by atoms with Crippen molar-refractivity contribution in [3.05, 3.63) is 47.5 Å². The van der Waals surface area contributed by atoms with E-state index in [1.807, 2.05) is 31.2 Å². The highest BCUT2D eigenvalue weighted by molar-refractivity contribution is 8.00. The van der Waals surface area contributed by atoms with Crippen LogP contribution in [0, 0.1) is 0 Å². The number of halogens is 1. The smallest absolute Gasteiger partial charge is 0.237 e. The Kier molecular flexibility index (Phi) is 6.82. The predicted octanol–water partition coefficient (Wildman–Crippen LogP) is 4.87. The largest absolute Gasteiger partial charge is 0.497 e. The molecular weight excluding hydrogens is 346 g/mol. The number of nitrogens with one attached hydrogen (secondary N) is 1. The van der Waals surface area contributed by atoms with Crippen molar-refractivity contribution in [2.75, 3.05) is 19.5 Å². The quantitative estimate of drug-likeness (QED) is 0.711. The number of hydrogen-bond acceptors (Lipinski definition) is 4. The number of benzene rings is 2. The topological polar surface area (TPSA) is 47.6 Å². The number of carbonyl (C=O) groups excluding carboxylic acids is 1. The van der Waals surface area contributed by atoms with Crippen LogP contribution in [-0.4, -0.2) is 25.4 Å². The molecule has 0 fully saturated rings. The third-order valence-corrected chi connectivity index (χ3v) is 5.00. The van der Waals surface area contributed by atoms with Crippen molar-refractivity contribution in [2.24, 2.45) is 0 Å². The van der Waals surface area contributed by atoms with Crippen molar-refractivity contribution >= 4 is 35.0 Å². The molecule has 24 heavy (non-hydrogen) atoms. The summed E-state index contributed by atoms with van der Waals surface area (Å²) in [6, 6.07) is 12.8. The minimum atomic E-state index is -0.205. The van der Waals surface area contributed by atoms with E-state index < -0.39 is 0 Å². The van der Waals surface area contributed by atoms with Gasteiger partial charge in [0.25, 0.3) is 0 Å². The van der Waals surface area contributed by atoms with Crippen molar-refractivity contribution in [2.45, 2.75) is 23.5 Å². The average Bonchev–Trinajstić information content (AvgIpc) is 2.60. The van der Waals surface area contributed by atoms with Gasteiger partial charge in [-0.25, -0.2) is 0 Å². The van der Waals surface area contributed by atoms with Crippen molar-refractivity contribution < 1.29 is 14.3 Å². The fourth-order valence-electron chi connectivity index (χ4n) is 2.10. The normalized spacial score (nSPS) is 11.7. The zero-order valence-electron chi connectivity index (χ0n) is 13.8. The molecule has 0 saturated carbocycles. The molecule has 4 nitrogen and oxygen atoms in total. The molecule has 6 heteroatoms. The Balaban J connectivity index is 2.10. The monoisotopic (exact) mass is 365 g/mol. The zero-order valence-corrected chi connectivity index (χ0v) is 15.4. The second-order valence-corrected chi connectivity index (χ2v) is 6.77. The molecule has 0 saturated heterocycles. The maximum Gasteiger partial charge on any atom is 0.237 e. The van der Waals surface area contributed by atoms with Crippen LogP contribution in [0.25, 0.3) is 0 Å². The van der Waals surface area contributed by atoms with Gasteiger partial charge in [0.2, 0.25) is 5.91 Å². The molecular formula is C18H20ClNO3S. The maximum absolute atomic E-state index is 12.6. The minimum absolute atomic E-state index is 0.0623. The van der Waals surface area contributed by atoms with Crippen molar-refractivity contribution in [1.82, 2.24) is 0 Å². The first-order valence-corrected chi connectivity index (χ1v) is 8.77. The molecule has 0 bridgehead atoms. The number of thioether (sulfide) groups is 1. The van der Waals surface area contributed by atoms with Crippen LogP contribution in [0.3, 0.4) is 0 Å². The van der Waals surface area contributed by atoms with Gasteiger partial charge in [0.15, 0.2) is 0 Å². The summed E-state index contributed by atoms with van der Waals surface area (Å²) in [4.78, 5) is 13.6. The average molecular weight is 366 g/mol. The standard InChI is InChI=1S/C18H20ClNO3S/c1-4-17(24-16-7-5-12(19)6-8-16)18(21)20-13-9-14(22-2)11-15(10-13)23-3/h5-11,17H,4H2,1-3H3,(H,20,21). The summed E-state index contributed by atoms with van der Waals surface area (Å²) in [7, 11) is 3.15. The van der Waals surface area contributed by atoms with E-state index in [0.29, 0.717) is 28.6 Å². The molecule has 128 valence electrons. The molecule has 2 aromatic rings. The number of amides is 1. The van der Waals surface area contributed by atoms with E-state index in [-0.39, 0.29) is 11.2 Å². The van der Waals surface area contributed by atoms with Gasteiger partial charge in [-0.3, -0.25) is 4.79 Å². The van der Waals surface area contributed by atoms with Crippen LogP contribution in [0.15, 0.2) is 47.4 Å². The number of ether oxygens (including phenoxy) is 2. The number of carbonyl (C=O) groups is 1. The Labute approximate surface area is 151 Å². The Morgan fingerprint density at radius 3 is 2.21 bits per heavy atom. The first kappa shape index (κ1) is 18.5. The molecule has 1 atom stereocenters. The number of rotatable bonds is 7. The number of methoxy groups -OCH3 is 2. The van der Waals surface area contributed by atoms with Crippen LogP contribution < -0.4 is 14.8 Å². The highest BCUT2D eigenvalue weighted by Gasteiger charge is 2.18. The van der Waals surface area contributed by atoms with Crippen LogP contribution in [0.2, 0.25) is 5.02 Å². The number of anilines is 1. The van der Waals surface area contributed by atoms with Gasteiger partial charge in [0.1, 0.15) is 11.5 Å². The Morgan fingerprint density at radius 1 is 1.12 bits per heavy atom. The van der Waals surface area contributed by atoms with Crippen molar-refractivity contribution in [3.63, 3.8) is 0 Å². The summed E-state index contributed by atoms with van der Waals surface area (Å²) >= 11 is 7.41. The molecule has 1 amide bonds. The molecule has 0 radical (unpaired) electrons. The first-order chi connectivity index (χ1) is 11.5. The molecule has 0 spiro atoms. The van der Waals surface area contributed by atoms with E-state index in [0.717, 1.165) is 4.90 Å². The van der Waals surface area contributed by atoms with Crippen LogP contribution in [-0.2, 0) is 4.79 Å². The summed E-state index contributed by atoms with van der Waals surface area (Å²) in [6.07, 6.45) is 0.709. The first-order valence-electron chi connectivity index (χ1n) is 7.52. The minimum Gasteiger partial charge on any atom is -0.497 e. The fourth-order valence-corrected chi connectivity index (χ4v) is 3.18. The Morgan fingerprint density at radius 2 is 1.71 bits per heavy atom. The van der Waals surface area contributed by atoms with Crippen LogP contribution in [0.5, 0.6) is 11.5 Å². The van der Waals surface area contributed by atoms with Crippen molar-refractivity contribution in [3.8, 4) is 11.5 Å². The Hall–Kier alpha value is -1.85. The van der Waals surface area contributed by atoms with Gasteiger partial charge in [-0.2, -0.15) is 0 Å². The zero-order chi connectivity index (χ0) is 17.5. The molecule has 0 aliphatic heterocycles. The van der Waals surface area contributed by atoms with Gasteiger partial charge in [0, 0.05) is 33.8 Å². The van der Waals surface area contributed by atoms with Crippen LogP contribution in [0.1, 0.15) is 13.3 Å². The predicted molar refractivity (Wildman–Crippen MR) is 99.6 cm³/mol. The lowest BCUT2D eigenvalue weighted by molar-refractivity contribution is -0.115. The van der Waals surface area contributed by atoms with Gasteiger partial charge < -0.3 is 14.8 Å². The van der Waals surface area contributed by atoms with E-state index in [9.17, 15) is 4.79 Å². The fraction of sp³-hybridized carbons (Fsp3) is 0.278. The summed E-state index contributed by atoms with van der Waals surface area (Å²) in [5.41, 5.74) is 0.645. The lowest BCUT2D eigenvalue weighted by Gasteiger charge is -2.16. The van der Waals surface area contributed by atoms with E-state index in [1.165, 1.54) is 11.8 Å². The van der Waals surface area contributed by atoms with E-state index in [1.54, 1.807) is 32.4 Å². The van der Waals surface area contributed by atoms with E-state index >= 15 is 0 Å². The lowest BCUT2D eigenvalue weighted by Crippen LogP contribution is -2.24. The van der Waals surface area contributed by atoms with Gasteiger partial charge in [-0.1, -0.05) is 18.5 Å². The molecule has 0 heterocycles.